The first-order valence-corrected chi connectivity index (χ1v) is 7.71. The number of rotatable bonds is 6. The van der Waals surface area contributed by atoms with Crippen LogP contribution in [-0.4, -0.2) is 47.0 Å². The van der Waals surface area contributed by atoms with Crippen LogP contribution in [0, 0.1) is 5.92 Å². The summed E-state index contributed by atoms with van der Waals surface area (Å²) < 4.78 is 7.01. The summed E-state index contributed by atoms with van der Waals surface area (Å²) >= 11 is 0. The van der Waals surface area contributed by atoms with Gasteiger partial charge in [0.25, 0.3) is 5.91 Å². The minimum absolute atomic E-state index is 0.0893. The van der Waals surface area contributed by atoms with Crippen LogP contribution in [0.1, 0.15) is 37.4 Å². The van der Waals surface area contributed by atoms with Crippen molar-refractivity contribution in [1.82, 2.24) is 20.1 Å². The van der Waals surface area contributed by atoms with Gasteiger partial charge >= 0.3 is 0 Å². The first-order chi connectivity index (χ1) is 10.2. The molecule has 1 amide bonds. The second-order valence-electron chi connectivity index (χ2n) is 5.95. The number of carbonyl (C=O) groups excluding carboxylic acids is 1. The first kappa shape index (κ1) is 14.5. The Kier molecular flexibility index (Phi) is 4.50. The molecule has 0 aromatic carbocycles. The Morgan fingerprint density at radius 2 is 2.14 bits per heavy atom. The number of piperidine rings is 1. The number of hydrogen-bond acceptors (Lipinski definition) is 5. The number of hydrogen-bond donors (Lipinski definition) is 2. The number of aryl methyl sites for hydroxylation is 1. The molecule has 3 rings (SSSR count). The average Bonchev–Trinajstić information content (AvgIpc) is 3.24. The summed E-state index contributed by atoms with van der Waals surface area (Å²) in [5.74, 6) is 2.22. The van der Waals surface area contributed by atoms with E-state index in [9.17, 15) is 4.79 Å². The van der Waals surface area contributed by atoms with Gasteiger partial charge in [-0.2, -0.15) is 10.1 Å². The highest BCUT2D eigenvalue weighted by molar-refractivity contribution is 5.90. The van der Waals surface area contributed by atoms with E-state index in [1.54, 1.807) is 11.7 Å². The highest BCUT2D eigenvalue weighted by Crippen LogP contribution is 2.28. The zero-order valence-corrected chi connectivity index (χ0v) is 12.5. The minimum Gasteiger partial charge on any atom is -0.371 e. The molecule has 1 aliphatic carbocycles. The molecule has 1 saturated heterocycles. The van der Waals surface area contributed by atoms with Crippen molar-refractivity contribution in [2.24, 2.45) is 13.0 Å². The van der Waals surface area contributed by atoms with E-state index in [2.05, 4.69) is 20.7 Å². The molecule has 0 spiro atoms. The number of ether oxygens (including phenoxy) is 1. The van der Waals surface area contributed by atoms with Crippen molar-refractivity contribution in [3.05, 3.63) is 5.82 Å². The van der Waals surface area contributed by atoms with E-state index in [0.717, 1.165) is 31.8 Å². The summed E-state index contributed by atoms with van der Waals surface area (Å²) in [7, 11) is 1.80. The van der Waals surface area contributed by atoms with Crippen LogP contribution in [0.15, 0.2) is 0 Å². The van der Waals surface area contributed by atoms with Gasteiger partial charge in [-0.15, -0.1) is 0 Å². The van der Waals surface area contributed by atoms with E-state index in [1.807, 2.05) is 0 Å². The topological polar surface area (TPSA) is 81.1 Å². The molecular formula is C14H23N5O2. The standard InChI is InChI=1S/C14H23N5O2/c1-19-14(16-12(20)9-21-8-10-2-3-10)17-13(18-19)11-4-6-15-7-5-11/h10-11,15H,2-9H2,1H3,(H,16,17,18,20). The van der Waals surface area contributed by atoms with Crippen LogP contribution in [0.2, 0.25) is 0 Å². The van der Waals surface area contributed by atoms with Gasteiger partial charge in [0.15, 0.2) is 5.82 Å². The third-order valence-corrected chi connectivity index (χ3v) is 4.02. The molecule has 0 unspecified atom stereocenters. The normalized spacial score (nSPS) is 19.7. The Bertz CT molecular complexity index is 492. The van der Waals surface area contributed by atoms with Crippen LogP contribution >= 0.6 is 0 Å². The number of nitrogens with zero attached hydrogens (tertiary/aromatic N) is 3. The fraction of sp³-hybridized carbons (Fsp3) is 0.786. The number of anilines is 1. The molecule has 7 heteroatoms. The number of nitrogens with one attached hydrogen (secondary N) is 2. The van der Waals surface area contributed by atoms with E-state index in [-0.39, 0.29) is 12.5 Å². The van der Waals surface area contributed by atoms with Gasteiger partial charge in [-0.1, -0.05) is 0 Å². The number of aromatic nitrogens is 3. The van der Waals surface area contributed by atoms with Crippen LogP contribution in [0.4, 0.5) is 5.95 Å². The highest BCUT2D eigenvalue weighted by atomic mass is 16.5. The van der Waals surface area contributed by atoms with Crippen molar-refractivity contribution in [3.8, 4) is 0 Å². The Morgan fingerprint density at radius 3 is 2.86 bits per heavy atom. The Hall–Kier alpha value is -1.47. The first-order valence-electron chi connectivity index (χ1n) is 7.71. The average molecular weight is 293 g/mol. The lowest BCUT2D eigenvalue weighted by atomic mass is 9.98. The summed E-state index contributed by atoms with van der Waals surface area (Å²) in [5, 5.41) is 10.5. The van der Waals surface area contributed by atoms with Gasteiger partial charge in [-0.25, -0.2) is 4.68 Å². The lowest BCUT2D eigenvalue weighted by molar-refractivity contribution is -0.120. The van der Waals surface area contributed by atoms with Crippen LogP contribution in [0.25, 0.3) is 0 Å². The second-order valence-corrected chi connectivity index (χ2v) is 5.95. The maximum atomic E-state index is 11.8. The lowest BCUT2D eigenvalue weighted by Crippen LogP contribution is -2.27. The summed E-state index contributed by atoms with van der Waals surface area (Å²) in [4.78, 5) is 16.3. The smallest absolute Gasteiger partial charge is 0.252 e. The summed E-state index contributed by atoms with van der Waals surface area (Å²) in [6, 6.07) is 0. The molecule has 2 fully saturated rings. The van der Waals surface area contributed by atoms with Gasteiger partial charge in [0.1, 0.15) is 6.61 Å². The summed E-state index contributed by atoms with van der Waals surface area (Å²) in [6.45, 7) is 2.78. The molecule has 7 nitrogen and oxygen atoms in total. The molecule has 2 aliphatic rings. The van der Waals surface area contributed by atoms with Crippen molar-refractivity contribution in [2.75, 3.05) is 31.6 Å². The van der Waals surface area contributed by atoms with Crippen molar-refractivity contribution in [2.45, 2.75) is 31.6 Å². The van der Waals surface area contributed by atoms with Gasteiger partial charge < -0.3 is 10.1 Å². The van der Waals surface area contributed by atoms with E-state index >= 15 is 0 Å². The molecule has 21 heavy (non-hydrogen) atoms. The van der Waals surface area contributed by atoms with Crippen LogP contribution in [0.3, 0.4) is 0 Å². The van der Waals surface area contributed by atoms with E-state index in [4.69, 9.17) is 4.74 Å². The van der Waals surface area contributed by atoms with Crippen molar-refractivity contribution in [1.29, 1.82) is 0 Å². The second kappa shape index (κ2) is 6.53. The predicted octanol–water partition coefficient (Wildman–Crippen LogP) is 0.647. The number of amides is 1. The van der Waals surface area contributed by atoms with Crippen molar-refractivity contribution in [3.63, 3.8) is 0 Å². The molecule has 2 N–H and O–H groups in total. The fourth-order valence-electron chi connectivity index (χ4n) is 2.53. The molecule has 1 aromatic rings. The molecular weight excluding hydrogens is 270 g/mol. The minimum atomic E-state index is -0.164. The van der Waals surface area contributed by atoms with Crippen LogP contribution in [0.5, 0.6) is 0 Å². The Morgan fingerprint density at radius 1 is 1.38 bits per heavy atom. The van der Waals surface area contributed by atoms with Crippen LogP contribution < -0.4 is 10.6 Å². The van der Waals surface area contributed by atoms with Crippen LogP contribution in [-0.2, 0) is 16.6 Å². The summed E-state index contributed by atoms with van der Waals surface area (Å²) in [5.41, 5.74) is 0. The Labute approximate surface area is 124 Å². The lowest BCUT2D eigenvalue weighted by Gasteiger charge is -2.19. The van der Waals surface area contributed by atoms with Gasteiger partial charge in [-0.3, -0.25) is 10.1 Å². The maximum Gasteiger partial charge on any atom is 0.252 e. The predicted molar refractivity (Wildman–Crippen MR) is 78.0 cm³/mol. The molecule has 1 saturated carbocycles. The number of carbonyl (C=O) groups is 1. The quantitative estimate of drug-likeness (QED) is 0.805. The van der Waals surface area contributed by atoms with Gasteiger partial charge in [0.05, 0.1) is 6.61 Å². The monoisotopic (exact) mass is 293 g/mol. The zero-order valence-electron chi connectivity index (χ0n) is 12.5. The molecule has 0 bridgehead atoms. The van der Waals surface area contributed by atoms with Crippen molar-refractivity contribution < 1.29 is 9.53 Å². The fourth-order valence-corrected chi connectivity index (χ4v) is 2.53. The highest BCUT2D eigenvalue weighted by Gasteiger charge is 2.23. The molecule has 0 radical (unpaired) electrons. The van der Waals surface area contributed by atoms with E-state index in [0.29, 0.717) is 24.4 Å². The Balaban J connectivity index is 1.51. The largest absolute Gasteiger partial charge is 0.371 e. The van der Waals surface area contributed by atoms with E-state index < -0.39 is 0 Å². The third-order valence-electron chi connectivity index (χ3n) is 4.02. The maximum absolute atomic E-state index is 11.8. The zero-order chi connectivity index (χ0) is 14.7. The van der Waals surface area contributed by atoms with Gasteiger partial charge in [0.2, 0.25) is 5.95 Å². The molecule has 1 aliphatic heterocycles. The molecule has 116 valence electrons. The molecule has 0 atom stereocenters. The van der Waals surface area contributed by atoms with Gasteiger partial charge in [0, 0.05) is 13.0 Å². The summed E-state index contributed by atoms with van der Waals surface area (Å²) in [6.07, 6.45) is 4.54. The third kappa shape index (κ3) is 4.01. The molecule has 2 heterocycles. The van der Waals surface area contributed by atoms with Crippen molar-refractivity contribution >= 4 is 11.9 Å². The SMILES string of the molecule is Cn1nc(C2CCNCC2)nc1NC(=O)COCC1CC1. The molecule has 1 aromatic heterocycles. The van der Waals surface area contributed by atoms with E-state index in [1.165, 1.54) is 12.8 Å². The van der Waals surface area contributed by atoms with Gasteiger partial charge in [-0.05, 0) is 44.7 Å².